The van der Waals surface area contributed by atoms with Gasteiger partial charge in [-0.25, -0.2) is 0 Å². The van der Waals surface area contributed by atoms with Crippen molar-refractivity contribution in [2.45, 2.75) is 38.3 Å². The summed E-state index contributed by atoms with van der Waals surface area (Å²) >= 11 is 0. The third-order valence-corrected chi connectivity index (χ3v) is 3.83. The summed E-state index contributed by atoms with van der Waals surface area (Å²) in [6.45, 7) is 3.92. The van der Waals surface area contributed by atoms with Crippen molar-refractivity contribution in [3.8, 4) is 11.5 Å². The second-order valence-electron chi connectivity index (χ2n) is 5.42. The summed E-state index contributed by atoms with van der Waals surface area (Å²) in [4.78, 5) is 12.0. The standard InChI is InChI=1S/C15H22N2O3/c1-9-7-12(19-3)13(20-4)8-11(9)10(2)17-14(18)15(16)5-6-15/h7-8,10H,5-6,16H2,1-4H3,(H,17,18). The molecule has 0 aliphatic heterocycles. The van der Waals surface area contributed by atoms with E-state index in [0.717, 1.165) is 24.0 Å². The Morgan fingerprint density at radius 3 is 2.35 bits per heavy atom. The Balaban J connectivity index is 2.20. The summed E-state index contributed by atoms with van der Waals surface area (Å²) in [5.41, 5.74) is 7.28. The van der Waals surface area contributed by atoms with Gasteiger partial charge in [0.2, 0.25) is 5.91 Å². The SMILES string of the molecule is COc1cc(C)c(C(C)NC(=O)C2(N)CC2)cc1OC. The molecule has 20 heavy (non-hydrogen) atoms. The van der Waals surface area contributed by atoms with Gasteiger partial charge in [-0.15, -0.1) is 0 Å². The van der Waals surface area contributed by atoms with Crippen LogP contribution in [-0.2, 0) is 4.79 Å². The number of carbonyl (C=O) groups is 1. The average Bonchev–Trinajstić information content (AvgIpc) is 3.17. The van der Waals surface area contributed by atoms with Gasteiger partial charge >= 0.3 is 0 Å². The molecule has 1 unspecified atom stereocenters. The Labute approximate surface area is 119 Å². The zero-order chi connectivity index (χ0) is 14.9. The first-order valence-electron chi connectivity index (χ1n) is 6.73. The van der Waals surface area contributed by atoms with Crippen LogP contribution in [0.1, 0.15) is 36.9 Å². The Hall–Kier alpha value is -1.75. The average molecular weight is 278 g/mol. The van der Waals surface area contributed by atoms with E-state index in [-0.39, 0.29) is 11.9 Å². The summed E-state index contributed by atoms with van der Waals surface area (Å²) in [6.07, 6.45) is 1.52. The van der Waals surface area contributed by atoms with Crippen molar-refractivity contribution >= 4 is 5.91 Å². The molecule has 5 heteroatoms. The molecule has 5 nitrogen and oxygen atoms in total. The van der Waals surface area contributed by atoms with E-state index in [0.29, 0.717) is 11.5 Å². The Morgan fingerprint density at radius 1 is 1.30 bits per heavy atom. The van der Waals surface area contributed by atoms with Gasteiger partial charge < -0.3 is 20.5 Å². The monoisotopic (exact) mass is 278 g/mol. The molecular weight excluding hydrogens is 256 g/mol. The topological polar surface area (TPSA) is 73.6 Å². The molecule has 3 N–H and O–H groups in total. The number of rotatable bonds is 5. The van der Waals surface area contributed by atoms with Crippen LogP contribution in [0.3, 0.4) is 0 Å². The maximum Gasteiger partial charge on any atom is 0.240 e. The van der Waals surface area contributed by atoms with Crippen LogP contribution in [0.15, 0.2) is 12.1 Å². The lowest BCUT2D eigenvalue weighted by atomic mass is 10.0. The molecule has 0 radical (unpaired) electrons. The Morgan fingerprint density at radius 2 is 1.85 bits per heavy atom. The van der Waals surface area contributed by atoms with E-state index in [4.69, 9.17) is 15.2 Å². The number of nitrogens with two attached hydrogens (primary N) is 1. The van der Waals surface area contributed by atoms with Gasteiger partial charge in [0.25, 0.3) is 0 Å². The van der Waals surface area contributed by atoms with E-state index in [9.17, 15) is 4.79 Å². The molecule has 0 heterocycles. The third kappa shape index (κ3) is 2.72. The van der Waals surface area contributed by atoms with Gasteiger partial charge in [0.05, 0.1) is 25.8 Å². The largest absolute Gasteiger partial charge is 0.493 e. The number of carbonyl (C=O) groups excluding carboxylic acids is 1. The van der Waals surface area contributed by atoms with Gasteiger partial charge in [0.15, 0.2) is 11.5 Å². The molecule has 1 aromatic carbocycles. The molecule has 2 rings (SSSR count). The van der Waals surface area contributed by atoms with Crippen LogP contribution in [0, 0.1) is 6.92 Å². The normalized spacial score (nSPS) is 17.2. The van der Waals surface area contributed by atoms with Crippen LogP contribution in [0.2, 0.25) is 0 Å². The lowest BCUT2D eigenvalue weighted by Gasteiger charge is -2.20. The van der Waals surface area contributed by atoms with Crippen molar-refractivity contribution in [2.24, 2.45) is 5.73 Å². The fourth-order valence-corrected chi connectivity index (χ4v) is 2.24. The number of aryl methyl sites for hydroxylation is 1. The molecule has 1 aromatic rings. The highest BCUT2D eigenvalue weighted by Gasteiger charge is 2.46. The highest BCUT2D eigenvalue weighted by molar-refractivity contribution is 5.89. The van der Waals surface area contributed by atoms with Gasteiger partial charge in [-0.2, -0.15) is 0 Å². The lowest BCUT2D eigenvalue weighted by molar-refractivity contribution is -0.123. The van der Waals surface area contributed by atoms with Crippen molar-refractivity contribution in [3.05, 3.63) is 23.3 Å². The maximum atomic E-state index is 12.0. The van der Waals surface area contributed by atoms with Crippen LogP contribution in [0.5, 0.6) is 11.5 Å². The number of hydrogen-bond acceptors (Lipinski definition) is 4. The Bertz CT molecular complexity index is 524. The molecule has 0 saturated heterocycles. The van der Waals surface area contributed by atoms with E-state index in [1.54, 1.807) is 14.2 Å². The van der Waals surface area contributed by atoms with Crippen LogP contribution >= 0.6 is 0 Å². The van der Waals surface area contributed by atoms with Crippen LogP contribution in [0.25, 0.3) is 0 Å². The smallest absolute Gasteiger partial charge is 0.240 e. The van der Waals surface area contributed by atoms with E-state index < -0.39 is 5.54 Å². The molecule has 1 amide bonds. The number of hydrogen-bond donors (Lipinski definition) is 2. The second kappa shape index (κ2) is 5.32. The minimum Gasteiger partial charge on any atom is -0.493 e. The predicted octanol–water partition coefficient (Wildman–Crippen LogP) is 1.68. The first-order chi connectivity index (χ1) is 9.41. The number of benzene rings is 1. The van der Waals surface area contributed by atoms with E-state index in [2.05, 4.69) is 5.32 Å². The molecule has 1 fully saturated rings. The summed E-state index contributed by atoms with van der Waals surface area (Å²) in [7, 11) is 3.20. The summed E-state index contributed by atoms with van der Waals surface area (Å²) < 4.78 is 10.6. The van der Waals surface area contributed by atoms with Gasteiger partial charge in [0, 0.05) is 0 Å². The third-order valence-electron chi connectivity index (χ3n) is 3.83. The zero-order valence-corrected chi connectivity index (χ0v) is 12.4. The summed E-state index contributed by atoms with van der Waals surface area (Å²) in [6, 6.07) is 3.68. The van der Waals surface area contributed by atoms with Crippen molar-refractivity contribution in [1.82, 2.24) is 5.32 Å². The minimum atomic E-state index is -0.654. The fraction of sp³-hybridized carbons (Fsp3) is 0.533. The first kappa shape index (κ1) is 14.7. The number of amides is 1. The van der Waals surface area contributed by atoms with Crippen LogP contribution < -0.4 is 20.5 Å². The van der Waals surface area contributed by atoms with Crippen molar-refractivity contribution < 1.29 is 14.3 Å². The number of nitrogens with one attached hydrogen (secondary N) is 1. The van der Waals surface area contributed by atoms with Crippen molar-refractivity contribution in [3.63, 3.8) is 0 Å². The molecule has 1 saturated carbocycles. The highest BCUT2D eigenvalue weighted by Crippen LogP contribution is 2.35. The fourth-order valence-electron chi connectivity index (χ4n) is 2.24. The minimum absolute atomic E-state index is 0.0841. The Kier molecular flexibility index (Phi) is 3.90. The zero-order valence-electron chi connectivity index (χ0n) is 12.4. The van der Waals surface area contributed by atoms with E-state index >= 15 is 0 Å². The van der Waals surface area contributed by atoms with Gasteiger partial charge in [-0.1, -0.05) is 0 Å². The van der Waals surface area contributed by atoms with Gasteiger partial charge in [-0.05, 0) is 49.9 Å². The first-order valence-corrected chi connectivity index (χ1v) is 6.73. The quantitative estimate of drug-likeness (QED) is 0.859. The van der Waals surface area contributed by atoms with Crippen LogP contribution in [-0.4, -0.2) is 25.7 Å². The summed E-state index contributed by atoms with van der Waals surface area (Å²) in [5.74, 6) is 1.26. The highest BCUT2D eigenvalue weighted by atomic mass is 16.5. The molecule has 1 atom stereocenters. The molecular formula is C15H22N2O3. The maximum absolute atomic E-state index is 12.0. The molecule has 1 aliphatic carbocycles. The predicted molar refractivity (Wildman–Crippen MR) is 77.0 cm³/mol. The number of ether oxygens (including phenoxy) is 2. The number of methoxy groups -OCH3 is 2. The molecule has 0 spiro atoms. The van der Waals surface area contributed by atoms with Crippen molar-refractivity contribution in [1.29, 1.82) is 0 Å². The molecule has 110 valence electrons. The summed E-state index contributed by atoms with van der Waals surface area (Å²) in [5, 5.41) is 2.97. The second-order valence-corrected chi connectivity index (χ2v) is 5.42. The molecule has 0 aromatic heterocycles. The van der Waals surface area contributed by atoms with Gasteiger partial charge in [-0.3, -0.25) is 4.79 Å². The molecule has 1 aliphatic rings. The van der Waals surface area contributed by atoms with Crippen molar-refractivity contribution in [2.75, 3.05) is 14.2 Å². The van der Waals surface area contributed by atoms with Gasteiger partial charge in [0.1, 0.15) is 0 Å². The van der Waals surface area contributed by atoms with E-state index in [1.807, 2.05) is 26.0 Å². The van der Waals surface area contributed by atoms with E-state index in [1.165, 1.54) is 0 Å². The lowest BCUT2D eigenvalue weighted by Crippen LogP contribution is -2.43. The molecule has 0 bridgehead atoms. The van der Waals surface area contributed by atoms with Crippen LogP contribution in [0.4, 0.5) is 0 Å².